The maximum Gasteiger partial charge on any atom is 0.222 e. The van der Waals surface area contributed by atoms with Crippen molar-refractivity contribution in [2.45, 2.75) is 322 Å². The van der Waals surface area contributed by atoms with Crippen molar-refractivity contribution < 1.29 is 14.7 Å². The van der Waals surface area contributed by atoms with Crippen LogP contribution in [-0.2, 0) is 9.59 Å². The smallest absolute Gasteiger partial charge is 0.222 e. The molecule has 0 aromatic rings. The van der Waals surface area contributed by atoms with Gasteiger partial charge in [0.05, 0.1) is 6.10 Å². The third kappa shape index (κ3) is 36.9. The highest BCUT2D eigenvalue weighted by Gasteiger charge is 2.24. The fraction of sp³-hybridized carbons (Fsp3) is 0.966. The van der Waals surface area contributed by atoms with Gasteiger partial charge in [0.15, 0.2) is 0 Å². The van der Waals surface area contributed by atoms with Crippen molar-refractivity contribution >= 4 is 11.8 Å². The van der Waals surface area contributed by atoms with Gasteiger partial charge in [-0.15, -0.1) is 0 Å². The van der Waals surface area contributed by atoms with E-state index in [1.54, 1.807) is 0 Å². The highest BCUT2D eigenvalue weighted by atomic mass is 16.3. The van der Waals surface area contributed by atoms with Gasteiger partial charge in [-0.1, -0.05) is 220 Å². The molecule has 1 aliphatic rings. The van der Waals surface area contributed by atoms with E-state index in [1.807, 2.05) is 0 Å². The number of carbonyl (C=O) groups is 2. The van der Waals surface area contributed by atoms with Gasteiger partial charge in [-0.3, -0.25) is 9.59 Å². The Morgan fingerprint density at radius 1 is 0.328 bits per heavy atom. The van der Waals surface area contributed by atoms with Gasteiger partial charge in [-0.2, -0.15) is 0 Å². The molecule has 1 rings (SSSR count). The number of nitrogens with zero attached hydrogens (tertiary/aromatic N) is 3. The van der Waals surface area contributed by atoms with Crippen LogP contribution >= 0.6 is 0 Å². The molecular formula is C58H115N3O3. The molecule has 0 saturated heterocycles. The first-order valence-electron chi connectivity index (χ1n) is 29.4. The van der Waals surface area contributed by atoms with E-state index in [-0.39, 0.29) is 6.10 Å². The van der Waals surface area contributed by atoms with Crippen LogP contribution in [0.5, 0.6) is 0 Å². The molecule has 0 unspecified atom stereocenters. The molecule has 6 heteroatoms. The van der Waals surface area contributed by atoms with Crippen LogP contribution in [0.25, 0.3) is 0 Å². The SMILES string of the molecule is CCCCCCCCCCN(CCCCCC)C(=O)CCCCCCCN(CCCCCCCC(=O)N(CCCCCCCCCC)CCCCCCCCCC)C1CCC(O)CC1. The van der Waals surface area contributed by atoms with Crippen molar-refractivity contribution in [2.75, 3.05) is 39.3 Å². The molecule has 380 valence electrons. The van der Waals surface area contributed by atoms with Gasteiger partial charge in [-0.25, -0.2) is 0 Å². The maximum atomic E-state index is 13.5. The lowest BCUT2D eigenvalue weighted by molar-refractivity contribution is -0.132. The summed E-state index contributed by atoms with van der Waals surface area (Å²) >= 11 is 0. The van der Waals surface area contributed by atoms with E-state index in [4.69, 9.17) is 0 Å². The van der Waals surface area contributed by atoms with Gasteiger partial charge in [0, 0.05) is 45.1 Å². The average molecular weight is 903 g/mol. The summed E-state index contributed by atoms with van der Waals surface area (Å²) in [6.45, 7) is 15.3. The summed E-state index contributed by atoms with van der Waals surface area (Å²) < 4.78 is 0. The first-order valence-corrected chi connectivity index (χ1v) is 29.4. The Labute approximate surface area is 401 Å². The molecule has 0 spiro atoms. The minimum Gasteiger partial charge on any atom is -0.393 e. The molecule has 6 nitrogen and oxygen atoms in total. The predicted molar refractivity (Wildman–Crippen MR) is 280 cm³/mol. The van der Waals surface area contributed by atoms with Crippen molar-refractivity contribution in [3.63, 3.8) is 0 Å². The predicted octanol–water partition coefficient (Wildman–Crippen LogP) is 16.9. The van der Waals surface area contributed by atoms with Crippen molar-refractivity contribution in [1.29, 1.82) is 0 Å². The number of aliphatic hydroxyl groups is 1. The summed E-state index contributed by atoms with van der Waals surface area (Å²) in [5.41, 5.74) is 0. The zero-order valence-corrected chi connectivity index (χ0v) is 44.1. The maximum absolute atomic E-state index is 13.5. The minimum absolute atomic E-state index is 0.104. The number of carbonyl (C=O) groups excluding carboxylic acids is 2. The Morgan fingerprint density at radius 3 is 0.859 bits per heavy atom. The Morgan fingerprint density at radius 2 is 0.562 bits per heavy atom. The lowest BCUT2D eigenvalue weighted by Crippen LogP contribution is -2.40. The van der Waals surface area contributed by atoms with Gasteiger partial charge in [-0.05, 0) is 90.1 Å². The quantitative estimate of drug-likeness (QED) is 0.0618. The van der Waals surface area contributed by atoms with E-state index >= 15 is 0 Å². The molecule has 0 atom stereocenters. The Bertz CT molecular complexity index is 964. The minimum atomic E-state index is -0.104. The summed E-state index contributed by atoms with van der Waals surface area (Å²) in [6, 6.07) is 0.621. The zero-order chi connectivity index (χ0) is 46.4. The van der Waals surface area contributed by atoms with E-state index < -0.39 is 0 Å². The molecule has 2 amide bonds. The number of aliphatic hydroxyl groups excluding tert-OH is 1. The largest absolute Gasteiger partial charge is 0.393 e. The summed E-state index contributed by atoms with van der Waals surface area (Å²) in [5.74, 6) is 0.818. The lowest BCUT2D eigenvalue weighted by atomic mass is 9.91. The molecule has 0 radical (unpaired) electrons. The van der Waals surface area contributed by atoms with Crippen molar-refractivity contribution in [3.8, 4) is 0 Å². The highest BCUT2D eigenvalue weighted by molar-refractivity contribution is 5.76. The van der Waals surface area contributed by atoms with Crippen molar-refractivity contribution in [1.82, 2.24) is 14.7 Å². The van der Waals surface area contributed by atoms with Crippen molar-refractivity contribution in [3.05, 3.63) is 0 Å². The van der Waals surface area contributed by atoms with Gasteiger partial charge in [0.2, 0.25) is 11.8 Å². The Balaban J connectivity index is 2.41. The Kier molecular flexibility index (Phi) is 44.7. The molecule has 64 heavy (non-hydrogen) atoms. The highest BCUT2D eigenvalue weighted by Crippen LogP contribution is 2.25. The van der Waals surface area contributed by atoms with Gasteiger partial charge < -0.3 is 19.8 Å². The molecule has 0 aliphatic heterocycles. The normalized spacial score (nSPS) is 15.3. The van der Waals surface area contributed by atoms with Crippen LogP contribution in [0.3, 0.4) is 0 Å². The van der Waals surface area contributed by atoms with E-state index in [0.717, 1.165) is 84.0 Å². The van der Waals surface area contributed by atoms with E-state index in [2.05, 4.69) is 42.4 Å². The number of rotatable bonds is 49. The van der Waals surface area contributed by atoms with Gasteiger partial charge in [0.1, 0.15) is 0 Å². The third-order valence-corrected chi connectivity index (χ3v) is 14.7. The summed E-state index contributed by atoms with van der Waals surface area (Å²) in [5, 5.41) is 10.2. The molecule has 1 saturated carbocycles. The number of hydrogen-bond acceptors (Lipinski definition) is 4. The summed E-state index contributed by atoms with van der Waals surface area (Å²) in [6.07, 6.45) is 54.0. The summed E-state index contributed by atoms with van der Waals surface area (Å²) in [7, 11) is 0. The van der Waals surface area contributed by atoms with Crippen LogP contribution < -0.4 is 0 Å². The standard InChI is InChI=1S/C58H115N3O3/c1-5-9-13-17-20-23-30-40-52-60(51-37-16-12-8-4)57(63)43-35-28-26-33-38-49-59(55-45-47-56(62)48-46-55)50-39-34-27-29-36-44-58(64)61(53-41-31-24-21-18-14-10-6-2)54-42-32-25-22-19-15-11-7-3/h55-56,62H,5-54H2,1-4H3. The third-order valence-electron chi connectivity index (χ3n) is 14.7. The molecule has 1 aliphatic carbocycles. The van der Waals surface area contributed by atoms with Crippen LogP contribution in [0.4, 0.5) is 0 Å². The van der Waals surface area contributed by atoms with Crippen LogP contribution in [0.1, 0.15) is 310 Å². The average Bonchev–Trinajstić information content (AvgIpc) is 3.30. The van der Waals surface area contributed by atoms with Crippen LogP contribution in [0, 0.1) is 0 Å². The van der Waals surface area contributed by atoms with Crippen molar-refractivity contribution in [2.24, 2.45) is 0 Å². The van der Waals surface area contributed by atoms with Gasteiger partial charge >= 0.3 is 0 Å². The molecule has 1 N–H and O–H groups in total. The second kappa shape index (κ2) is 46.9. The zero-order valence-electron chi connectivity index (χ0n) is 44.1. The second-order valence-electron chi connectivity index (χ2n) is 20.8. The van der Waals surface area contributed by atoms with Gasteiger partial charge in [0.25, 0.3) is 0 Å². The van der Waals surface area contributed by atoms with E-state index in [9.17, 15) is 14.7 Å². The molecule has 0 aromatic carbocycles. The number of hydrogen-bond donors (Lipinski definition) is 1. The van der Waals surface area contributed by atoms with E-state index in [0.29, 0.717) is 17.9 Å². The fourth-order valence-corrected chi connectivity index (χ4v) is 10.2. The topological polar surface area (TPSA) is 64.1 Å². The first-order chi connectivity index (χ1) is 31.5. The summed E-state index contributed by atoms with van der Waals surface area (Å²) in [4.78, 5) is 34.0. The second-order valence-corrected chi connectivity index (χ2v) is 20.8. The molecule has 0 heterocycles. The Hall–Kier alpha value is -1.14. The molecule has 0 aromatic heterocycles. The molecular weight excluding hydrogens is 787 g/mol. The monoisotopic (exact) mass is 902 g/mol. The van der Waals surface area contributed by atoms with Crippen LogP contribution in [-0.4, -0.2) is 83.0 Å². The van der Waals surface area contributed by atoms with E-state index in [1.165, 1.54) is 238 Å². The number of amides is 2. The lowest BCUT2D eigenvalue weighted by Gasteiger charge is -2.36. The van der Waals surface area contributed by atoms with Crippen LogP contribution in [0.2, 0.25) is 0 Å². The fourth-order valence-electron chi connectivity index (χ4n) is 10.2. The molecule has 1 fully saturated rings. The van der Waals surface area contributed by atoms with Crippen LogP contribution in [0.15, 0.2) is 0 Å². The number of unbranched alkanes of at least 4 members (excludes halogenated alkanes) is 32. The first kappa shape index (κ1) is 60.9. The molecule has 0 bridgehead atoms.